The molecular formula is C13H16F3NO. The van der Waals surface area contributed by atoms with Crippen LogP contribution in [-0.4, -0.2) is 19.8 Å². The maximum absolute atomic E-state index is 12.8. The van der Waals surface area contributed by atoms with Gasteiger partial charge >= 0.3 is 6.18 Å². The molecule has 0 aromatic heterocycles. The summed E-state index contributed by atoms with van der Waals surface area (Å²) >= 11 is 0. The van der Waals surface area contributed by atoms with Crippen molar-refractivity contribution in [2.45, 2.75) is 19.0 Å². The van der Waals surface area contributed by atoms with Crippen LogP contribution in [0.3, 0.4) is 0 Å². The molecule has 0 amide bonds. The number of benzene rings is 1. The number of hydrogen-bond donors (Lipinski definition) is 1. The normalized spacial score (nSPS) is 17.7. The van der Waals surface area contributed by atoms with Crippen molar-refractivity contribution in [3.05, 3.63) is 29.8 Å². The summed E-state index contributed by atoms with van der Waals surface area (Å²) in [5.41, 5.74) is -0.437. The van der Waals surface area contributed by atoms with Crippen molar-refractivity contribution in [1.82, 2.24) is 0 Å². The van der Waals surface area contributed by atoms with Crippen molar-refractivity contribution in [1.29, 1.82) is 0 Å². The quantitative estimate of drug-likeness (QED) is 0.896. The number of para-hydroxylation sites is 1. The first kappa shape index (κ1) is 13.2. The minimum atomic E-state index is -4.31. The molecule has 0 spiro atoms. The van der Waals surface area contributed by atoms with E-state index in [0.29, 0.717) is 25.7 Å². The van der Waals surface area contributed by atoms with Crippen LogP contribution in [-0.2, 0) is 10.9 Å². The van der Waals surface area contributed by atoms with Gasteiger partial charge in [-0.25, -0.2) is 0 Å². The third-order valence-electron chi connectivity index (χ3n) is 3.15. The van der Waals surface area contributed by atoms with Crippen LogP contribution in [0.5, 0.6) is 0 Å². The van der Waals surface area contributed by atoms with Gasteiger partial charge in [0, 0.05) is 25.4 Å². The standard InChI is InChI=1S/C13H16F3NO/c14-13(15,16)11-3-1-2-4-12(11)17-9-10-5-7-18-8-6-10/h1-4,10,17H,5-9H2. The summed E-state index contributed by atoms with van der Waals surface area (Å²) in [4.78, 5) is 0. The summed E-state index contributed by atoms with van der Waals surface area (Å²) in [6, 6.07) is 5.60. The molecule has 1 N–H and O–H groups in total. The van der Waals surface area contributed by atoms with Crippen molar-refractivity contribution >= 4 is 5.69 Å². The van der Waals surface area contributed by atoms with E-state index in [4.69, 9.17) is 4.74 Å². The average molecular weight is 259 g/mol. The van der Waals surface area contributed by atoms with Gasteiger partial charge in [-0.2, -0.15) is 13.2 Å². The van der Waals surface area contributed by atoms with E-state index in [9.17, 15) is 13.2 Å². The predicted molar refractivity (Wildman–Crippen MR) is 63.5 cm³/mol. The van der Waals surface area contributed by atoms with Crippen LogP contribution >= 0.6 is 0 Å². The highest BCUT2D eigenvalue weighted by Crippen LogP contribution is 2.34. The molecule has 0 unspecified atom stereocenters. The smallest absolute Gasteiger partial charge is 0.384 e. The molecular weight excluding hydrogens is 243 g/mol. The van der Waals surface area contributed by atoms with Gasteiger partial charge < -0.3 is 10.1 Å². The molecule has 0 aliphatic carbocycles. The molecule has 0 atom stereocenters. The van der Waals surface area contributed by atoms with E-state index in [1.165, 1.54) is 12.1 Å². The summed E-state index contributed by atoms with van der Waals surface area (Å²) in [6.45, 7) is 1.97. The number of ether oxygens (including phenoxy) is 1. The van der Waals surface area contributed by atoms with Crippen molar-refractivity contribution in [3.8, 4) is 0 Å². The van der Waals surface area contributed by atoms with E-state index in [1.807, 2.05) is 0 Å². The maximum Gasteiger partial charge on any atom is 0.418 e. The van der Waals surface area contributed by atoms with Gasteiger partial charge in [0.25, 0.3) is 0 Å². The molecule has 2 nitrogen and oxygen atoms in total. The molecule has 1 aliphatic rings. The number of nitrogens with one attached hydrogen (secondary N) is 1. The summed E-state index contributed by atoms with van der Waals surface area (Å²) in [5, 5.41) is 2.91. The minimum absolute atomic E-state index is 0.163. The van der Waals surface area contributed by atoms with Gasteiger partial charge in [-0.1, -0.05) is 12.1 Å². The number of alkyl halides is 3. The van der Waals surface area contributed by atoms with Crippen LogP contribution in [0.15, 0.2) is 24.3 Å². The summed E-state index contributed by atoms with van der Waals surface area (Å²) in [6.07, 6.45) is -2.50. The highest BCUT2D eigenvalue weighted by Gasteiger charge is 2.33. The molecule has 1 aromatic rings. The third kappa shape index (κ3) is 3.38. The zero-order valence-electron chi connectivity index (χ0n) is 9.96. The summed E-state index contributed by atoms with van der Waals surface area (Å²) < 4.78 is 43.5. The van der Waals surface area contributed by atoms with Crippen LogP contribution in [0.25, 0.3) is 0 Å². The Morgan fingerprint density at radius 1 is 1.17 bits per heavy atom. The Morgan fingerprint density at radius 3 is 2.50 bits per heavy atom. The Kier molecular flexibility index (Phi) is 4.11. The van der Waals surface area contributed by atoms with Gasteiger partial charge in [0.2, 0.25) is 0 Å². The Hall–Kier alpha value is -1.23. The van der Waals surface area contributed by atoms with E-state index in [-0.39, 0.29) is 5.69 Å². The monoisotopic (exact) mass is 259 g/mol. The van der Waals surface area contributed by atoms with E-state index in [0.717, 1.165) is 18.9 Å². The van der Waals surface area contributed by atoms with Crippen molar-refractivity contribution in [2.24, 2.45) is 5.92 Å². The molecule has 2 rings (SSSR count). The summed E-state index contributed by atoms with van der Waals surface area (Å²) in [7, 11) is 0. The fraction of sp³-hybridized carbons (Fsp3) is 0.538. The van der Waals surface area contributed by atoms with Crippen molar-refractivity contribution < 1.29 is 17.9 Å². The first-order valence-corrected chi connectivity index (χ1v) is 6.05. The number of rotatable bonds is 3. The Morgan fingerprint density at radius 2 is 1.83 bits per heavy atom. The number of hydrogen-bond acceptors (Lipinski definition) is 2. The Labute approximate surface area is 104 Å². The molecule has 5 heteroatoms. The average Bonchev–Trinajstić information content (AvgIpc) is 2.37. The van der Waals surface area contributed by atoms with Gasteiger partial charge in [-0.3, -0.25) is 0 Å². The van der Waals surface area contributed by atoms with Gasteiger partial charge in [-0.05, 0) is 30.9 Å². The van der Waals surface area contributed by atoms with E-state index < -0.39 is 11.7 Å². The lowest BCUT2D eigenvalue weighted by Crippen LogP contribution is -2.23. The molecule has 1 aliphatic heterocycles. The van der Waals surface area contributed by atoms with Crippen LogP contribution in [0.1, 0.15) is 18.4 Å². The topological polar surface area (TPSA) is 21.3 Å². The Balaban J connectivity index is 2.00. The molecule has 1 aromatic carbocycles. The molecule has 1 saturated heterocycles. The van der Waals surface area contributed by atoms with Crippen molar-refractivity contribution in [2.75, 3.05) is 25.1 Å². The number of halogens is 3. The van der Waals surface area contributed by atoms with E-state index in [1.54, 1.807) is 6.07 Å². The van der Waals surface area contributed by atoms with Crippen LogP contribution in [0, 0.1) is 5.92 Å². The third-order valence-corrected chi connectivity index (χ3v) is 3.15. The second-order valence-corrected chi connectivity index (χ2v) is 4.48. The van der Waals surface area contributed by atoms with Crippen LogP contribution < -0.4 is 5.32 Å². The number of anilines is 1. The van der Waals surface area contributed by atoms with Gasteiger partial charge in [0.05, 0.1) is 5.56 Å². The molecule has 0 saturated carbocycles. The SMILES string of the molecule is FC(F)(F)c1ccccc1NCC1CCOCC1. The highest BCUT2D eigenvalue weighted by atomic mass is 19.4. The van der Waals surface area contributed by atoms with Gasteiger partial charge in [0.1, 0.15) is 0 Å². The zero-order chi connectivity index (χ0) is 13.0. The molecule has 1 heterocycles. The second-order valence-electron chi connectivity index (χ2n) is 4.48. The van der Waals surface area contributed by atoms with Crippen LogP contribution in [0.2, 0.25) is 0 Å². The molecule has 0 bridgehead atoms. The fourth-order valence-electron chi connectivity index (χ4n) is 2.09. The first-order chi connectivity index (χ1) is 8.57. The van der Waals surface area contributed by atoms with Crippen LogP contribution in [0.4, 0.5) is 18.9 Å². The molecule has 18 heavy (non-hydrogen) atoms. The van der Waals surface area contributed by atoms with E-state index >= 15 is 0 Å². The predicted octanol–water partition coefficient (Wildman–Crippen LogP) is 3.54. The second kappa shape index (κ2) is 5.61. The minimum Gasteiger partial charge on any atom is -0.384 e. The summed E-state index contributed by atoms with van der Waals surface area (Å²) in [5.74, 6) is 0.389. The highest BCUT2D eigenvalue weighted by molar-refractivity contribution is 5.52. The van der Waals surface area contributed by atoms with E-state index in [2.05, 4.69) is 5.32 Å². The molecule has 100 valence electrons. The van der Waals surface area contributed by atoms with Crippen molar-refractivity contribution in [3.63, 3.8) is 0 Å². The zero-order valence-corrected chi connectivity index (χ0v) is 9.96. The lowest BCUT2D eigenvalue weighted by molar-refractivity contribution is -0.137. The van der Waals surface area contributed by atoms with Gasteiger partial charge in [0.15, 0.2) is 0 Å². The molecule has 0 radical (unpaired) electrons. The lowest BCUT2D eigenvalue weighted by Gasteiger charge is -2.23. The fourth-order valence-corrected chi connectivity index (χ4v) is 2.09. The Bertz CT molecular complexity index is 386. The largest absolute Gasteiger partial charge is 0.418 e. The first-order valence-electron chi connectivity index (χ1n) is 6.05. The lowest BCUT2D eigenvalue weighted by atomic mass is 10.00. The van der Waals surface area contributed by atoms with Gasteiger partial charge in [-0.15, -0.1) is 0 Å². The molecule has 1 fully saturated rings. The maximum atomic E-state index is 12.8.